The predicted octanol–water partition coefficient (Wildman–Crippen LogP) is 0.608. The van der Waals surface area contributed by atoms with Gasteiger partial charge in [0.05, 0.1) is 12.6 Å². The topological polar surface area (TPSA) is 52.0 Å². The fraction of sp³-hybridized carbons (Fsp3) is 0.800. The van der Waals surface area contributed by atoms with Crippen LogP contribution < -0.4 is 5.32 Å². The third-order valence-electron chi connectivity index (χ3n) is 2.76. The van der Waals surface area contributed by atoms with Gasteiger partial charge in [-0.05, 0) is 19.4 Å². The first-order valence-corrected chi connectivity index (χ1v) is 5.57. The van der Waals surface area contributed by atoms with Crippen molar-refractivity contribution in [3.8, 4) is 0 Å². The van der Waals surface area contributed by atoms with Crippen LogP contribution in [0.15, 0.2) is 12.7 Å². The van der Waals surface area contributed by atoms with Crippen molar-refractivity contribution in [2.75, 3.05) is 19.8 Å². The van der Waals surface area contributed by atoms with Crippen molar-refractivity contribution in [2.24, 2.45) is 0 Å². The van der Waals surface area contributed by atoms with Gasteiger partial charge in [0.15, 0.2) is 0 Å². The van der Waals surface area contributed by atoms with Crippen molar-refractivity contribution in [1.29, 1.82) is 0 Å². The maximum absolute atomic E-state index is 5.49. The van der Waals surface area contributed by atoms with Crippen LogP contribution in [-0.4, -0.2) is 40.6 Å². The molecule has 2 rings (SSSR count). The van der Waals surface area contributed by atoms with Gasteiger partial charge in [0.2, 0.25) is 0 Å². The molecule has 5 heteroatoms. The van der Waals surface area contributed by atoms with Crippen LogP contribution in [0, 0.1) is 0 Å². The highest BCUT2D eigenvalue weighted by Crippen LogP contribution is 2.18. The lowest BCUT2D eigenvalue weighted by Gasteiger charge is -2.32. The standard InChI is InChI=1S/C10H18N4O/c1-2-4-12-9-3-5-15-6-10(9)14-8-11-7-13-14/h7-10,12H,2-6H2,1H3. The predicted molar refractivity (Wildman–Crippen MR) is 56.6 cm³/mol. The molecule has 2 atom stereocenters. The second kappa shape index (κ2) is 5.23. The number of hydrogen-bond donors (Lipinski definition) is 1. The molecule has 0 radical (unpaired) electrons. The number of rotatable bonds is 4. The van der Waals surface area contributed by atoms with Crippen molar-refractivity contribution in [3.05, 3.63) is 12.7 Å². The summed E-state index contributed by atoms with van der Waals surface area (Å²) in [4.78, 5) is 3.98. The Balaban J connectivity index is 1.99. The Bertz CT molecular complexity index is 275. The van der Waals surface area contributed by atoms with E-state index in [1.807, 2.05) is 4.68 Å². The van der Waals surface area contributed by atoms with Crippen LogP contribution in [0.5, 0.6) is 0 Å². The molecule has 5 nitrogen and oxygen atoms in total. The summed E-state index contributed by atoms with van der Waals surface area (Å²) in [6.07, 6.45) is 5.54. The zero-order valence-corrected chi connectivity index (χ0v) is 9.09. The Morgan fingerprint density at radius 3 is 3.27 bits per heavy atom. The van der Waals surface area contributed by atoms with E-state index in [4.69, 9.17) is 4.74 Å². The molecule has 1 aromatic rings. The smallest absolute Gasteiger partial charge is 0.137 e. The highest BCUT2D eigenvalue weighted by molar-refractivity contribution is 4.84. The fourth-order valence-corrected chi connectivity index (χ4v) is 1.94. The molecule has 0 aromatic carbocycles. The van der Waals surface area contributed by atoms with E-state index in [-0.39, 0.29) is 6.04 Å². The van der Waals surface area contributed by atoms with Gasteiger partial charge in [0.1, 0.15) is 12.7 Å². The van der Waals surface area contributed by atoms with Gasteiger partial charge >= 0.3 is 0 Å². The lowest BCUT2D eigenvalue weighted by molar-refractivity contribution is 0.0326. The molecule has 1 aliphatic heterocycles. The summed E-state index contributed by atoms with van der Waals surface area (Å²) < 4.78 is 7.38. The van der Waals surface area contributed by atoms with E-state index in [9.17, 15) is 0 Å². The van der Waals surface area contributed by atoms with E-state index >= 15 is 0 Å². The Kier molecular flexibility index (Phi) is 3.69. The average molecular weight is 210 g/mol. The van der Waals surface area contributed by atoms with Gasteiger partial charge in [-0.2, -0.15) is 5.10 Å². The second-order valence-corrected chi connectivity index (χ2v) is 3.87. The van der Waals surface area contributed by atoms with E-state index in [0.717, 1.165) is 32.6 Å². The molecular formula is C10H18N4O. The molecular weight excluding hydrogens is 192 g/mol. The van der Waals surface area contributed by atoms with Crippen molar-refractivity contribution < 1.29 is 4.74 Å². The maximum atomic E-state index is 5.49. The average Bonchev–Trinajstić information content (AvgIpc) is 2.80. The van der Waals surface area contributed by atoms with Gasteiger partial charge in [0.25, 0.3) is 0 Å². The summed E-state index contributed by atoms with van der Waals surface area (Å²) in [5, 5.41) is 7.72. The number of hydrogen-bond acceptors (Lipinski definition) is 4. The van der Waals surface area contributed by atoms with Gasteiger partial charge in [-0.25, -0.2) is 9.67 Å². The SMILES string of the molecule is CCCNC1CCOCC1n1cncn1. The van der Waals surface area contributed by atoms with E-state index in [0.29, 0.717) is 6.04 Å². The Labute approximate surface area is 89.8 Å². The third kappa shape index (κ3) is 2.54. The Morgan fingerprint density at radius 2 is 2.53 bits per heavy atom. The first-order chi connectivity index (χ1) is 7.42. The molecule has 1 saturated heterocycles. The molecule has 2 heterocycles. The summed E-state index contributed by atoms with van der Waals surface area (Å²) >= 11 is 0. The largest absolute Gasteiger partial charge is 0.379 e. The number of nitrogens with one attached hydrogen (secondary N) is 1. The first-order valence-electron chi connectivity index (χ1n) is 5.57. The monoisotopic (exact) mass is 210 g/mol. The lowest BCUT2D eigenvalue weighted by atomic mass is 10.0. The summed E-state index contributed by atoms with van der Waals surface area (Å²) in [6.45, 7) is 4.80. The first kappa shape index (κ1) is 10.6. The molecule has 0 aliphatic carbocycles. The zero-order valence-electron chi connectivity index (χ0n) is 9.09. The van der Waals surface area contributed by atoms with E-state index in [1.54, 1.807) is 12.7 Å². The summed E-state index contributed by atoms with van der Waals surface area (Å²) in [5.74, 6) is 0. The highest BCUT2D eigenvalue weighted by Gasteiger charge is 2.26. The molecule has 2 unspecified atom stereocenters. The summed E-state index contributed by atoms with van der Waals surface area (Å²) in [6, 6.07) is 0.744. The molecule has 1 N–H and O–H groups in total. The number of aromatic nitrogens is 3. The van der Waals surface area contributed by atoms with Gasteiger partial charge in [-0.1, -0.05) is 6.92 Å². The van der Waals surface area contributed by atoms with Crippen LogP contribution >= 0.6 is 0 Å². The van der Waals surface area contributed by atoms with E-state index in [1.165, 1.54) is 0 Å². The van der Waals surface area contributed by atoms with Gasteiger partial charge in [0, 0.05) is 12.6 Å². The van der Waals surface area contributed by atoms with Gasteiger partial charge < -0.3 is 10.1 Å². The molecule has 84 valence electrons. The second-order valence-electron chi connectivity index (χ2n) is 3.87. The lowest BCUT2D eigenvalue weighted by Crippen LogP contribution is -2.44. The van der Waals surface area contributed by atoms with Crippen LogP contribution in [0.4, 0.5) is 0 Å². The number of ether oxygens (including phenoxy) is 1. The van der Waals surface area contributed by atoms with Crippen LogP contribution in [0.1, 0.15) is 25.8 Å². The summed E-state index contributed by atoms with van der Waals surface area (Å²) in [5.41, 5.74) is 0. The van der Waals surface area contributed by atoms with Crippen LogP contribution in [0.3, 0.4) is 0 Å². The molecule has 0 bridgehead atoms. The highest BCUT2D eigenvalue weighted by atomic mass is 16.5. The van der Waals surface area contributed by atoms with Gasteiger partial charge in [-0.3, -0.25) is 0 Å². The van der Waals surface area contributed by atoms with E-state index in [2.05, 4.69) is 22.3 Å². The Hall–Kier alpha value is -0.940. The van der Waals surface area contributed by atoms with Crippen LogP contribution in [0.2, 0.25) is 0 Å². The summed E-state index contributed by atoms with van der Waals surface area (Å²) in [7, 11) is 0. The maximum Gasteiger partial charge on any atom is 0.137 e. The fourth-order valence-electron chi connectivity index (χ4n) is 1.94. The molecule has 1 fully saturated rings. The minimum Gasteiger partial charge on any atom is -0.379 e. The zero-order chi connectivity index (χ0) is 10.5. The molecule has 1 aliphatic rings. The van der Waals surface area contributed by atoms with Crippen molar-refractivity contribution in [2.45, 2.75) is 31.8 Å². The number of nitrogens with zero attached hydrogens (tertiary/aromatic N) is 3. The molecule has 0 spiro atoms. The normalized spacial score (nSPS) is 26.7. The van der Waals surface area contributed by atoms with Crippen molar-refractivity contribution >= 4 is 0 Å². The van der Waals surface area contributed by atoms with Crippen LogP contribution in [0.25, 0.3) is 0 Å². The molecule has 15 heavy (non-hydrogen) atoms. The van der Waals surface area contributed by atoms with Crippen molar-refractivity contribution in [1.82, 2.24) is 20.1 Å². The minimum absolute atomic E-state index is 0.285. The minimum atomic E-state index is 0.285. The van der Waals surface area contributed by atoms with Crippen molar-refractivity contribution in [3.63, 3.8) is 0 Å². The molecule has 0 amide bonds. The third-order valence-corrected chi connectivity index (χ3v) is 2.76. The molecule has 0 saturated carbocycles. The quantitative estimate of drug-likeness (QED) is 0.791. The van der Waals surface area contributed by atoms with E-state index < -0.39 is 0 Å². The van der Waals surface area contributed by atoms with Crippen LogP contribution in [-0.2, 0) is 4.74 Å². The molecule has 1 aromatic heterocycles. The Morgan fingerprint density at radius 1 is 1.60 bits per heavy atom. The van der Waals surface area contributed by atoms with Gasteiger partial charge in [-0.15, -0.1) is 0 Å².